The molecule has 2 atom stereocenters. The van der Waals surface area contributed by atoms with E-state index in [0.717, 1.165) is 12.5 Å². The standard InChI is InChI=1S/C14H18BrF3N2O/c1-4-8(2)19-13(21)9(3)20-10-5-6-12(15)11(7-10)14(16,17)18/h5-9,20H,4H2,1-3H3,(H,19,21). The third-order valence-corrected chi connectivity index (χ3v) is 3.74. The normalized spacial score (nSPS) is 14.4. The van der Waals surface area contributed by atoms with E-state index in [1.165, 1.54) is 12.1 Å². The second-order valence-corrected chi connectivity index (χ2v) is 5.73. The highest BCUT2D eigenvalue weighted by Gasteiger charge is 2.33. The van der Waals surface area contributed by atoms with Crippen LogP contribution in [0, 0.1) is 0 Å². The van der Waals surface area contributed by atoms with Crippen molar-refractivity contribution in [2.24, 2.45) is 0 Å². The van der Waals surface area contributed by atoms with Crippen LogP contribution in [0.2, 0.25) is 0 Å². The third kappa shape index (κ3) is 5.22. The molecule has 2 N–H and O–H groups in total. The number of hydrogen-bond donors (Lipinski definition) is 2. The van der Waals surface area contributed by atoms with Gasteiger partial charge in [0.2, 0.25) is 5.91 Å². The number of carbonyl (C=O) groups is 1. The van der Waals surface area contributed by atoms with Crippen molar-refractivity contribution in [3.8, 4) is 0 Å². The van der Waals surface area contributed by atoms with E-state index in [0.29, 0.717) is 0 Å². The molecule has 3 nitrogen and oxygen atoms in total. The zero-order valence-corrected chi connectivity index (χ0v) is 13.6. The summed E-state index contributed by atoms with van der Waals surface area (Å²) in [5, 5.41) is 5.55. The molecule has 0 heterocycles. The molecule has 7 heteroatoms. The van der Waals surface area contributed by atoms with Crippen molar-refractivity contribution in [3.05, 3.63) is 28.2 Å². The predicted molar refractivity (Wildman–Crippen MR) is 80.1 cm³/mol. The molecule has 0 aliphatic carbocycles. The monoisotopic (exact) mass is 366 g/mol. The van der Waals surface area contributed by atoms with Crippen LogP contribution in [0.5, 0.6) is 0 Å². The Morgan fingerprint density at radius 2 is 1.95 bits per heavy atom. The highest BCUT2D eigenvalue weighted by molar-refractivity contribution is 9.10. The minimum Gasteiger partial charge on any atom is -0.374 e. The smallest absolute Gasteiger partial charge is 0.374 e. The molecule has 0 spiro atoms. The Morgan fingerprint density at radius 1 is 1.33 bits per heavy atom. The van der Waals surface area contributed by atoms with Crippen LogP contribution in [0.25, 0.3) is 0 Å². The molecule has 0 fully saturated rings. The lowest BCUT2D eigenvalue weighted by atomic mass is 10.1. The van der Waals surface area contributed by atoms with Gasteiger partial charge >= 0.3 is 6.18 Å². The molecule has 1 rings (SSSR count). The van der Waals surface area contributed by atoms with E-state index in [4.69, 9.17) is 0 Å². The molecule has 0 aliphatic heterocycles. The lowest BCUT2D eigenvalue weighted by molar-refractivity contribution is -0.138. The fraction of sp³-hybridized carbons (Fsp3) is 0.500. The van der Waals surface area contributed by atoms with E-state index in [-0.39, 0.29) is 22.1 Å². The summed E-state index contributed by atoms with van der Waals surface area (Å²) >= 11 is 2.88. The van der Waals surface area contributed by atoms with Crippen LogP contribution in [0.4, 0.5) is 18.9 Å². The van der Waals surface area contributed by atoms with Crippen LogP contribution >= 0.6 is 15.9 Å². The number of anilines is 1. The zero-order chi connectivity index (χ0) is 16.2. The van der Waals surface area contributed by atoms with E-state index in [9.17, 15) is 18.0 Å². The first kappa shape index (κ1) is 17.8. The maximum Gasteiger partial charge on any atom is 0.417 e. The third-order valence-electron chi connectivity index (χ3n) is 3.05. The van der Waals surface area contributed by atoms with Gasteiger partial charge in [-0.1, -0.05) is 22.9 Å². The number of amides is 1. The van der Waals surface area contributed by atoms with Crippen LogP contribution in [-0.2, 0) is 11.0 Å². The van der Waals surface area contributed by atoms with E-state index >= 15 is 0 Å². The molecule has 2 unspecified atom stereocenters. The molecule has 0 bridgehead atoms. The zero-order valence-electron chi connectivity index (χ0n) is 12.0. The van der Waals surface area contributed by atoms with Crippen molar-refractivity contribution in [1.29, 1.82) is 0 Å². The SMILES string of the molecule is CCC(C)NC(=O)C(C)Nc1ccc(Br)c(C(F)(F)F)c1. The van der Waals surface area contributed by atoms with Gasteiger partial charge in [0.15, 0.2) is 0 Å². The van der Waals surface area contributed by atoms with Gasteiger partial charge in [-0.2, -0.15) is 13.2 Å². The summed E-state index contributed by atoms with van der Waals surface area (Å²) in [6.07, 6.45) is -3.66. The maximum absolute atomic E-state index is 12.8. The Morgan fingerprint density at radius 3 is 2.48 bits per heavy atom. The van der Waals surface area contributed by atoms with E-state index in [1.54, 1.807) is 6.92 Å². The Bertz CT molecular complexity index is 505. The predicted octanol–water partition coefficient (Wildman–Crippen LogP) is 4.18. The molecule has 1 aromatic rings. The summed E-state index contributed by atoms with van der Waals surface area (Å²) in [6, 6.07) is 3.19. The average Bonchev–Trinajstić information content (AvgIpc) is 2.39. The highest BCUT2D eigenvalue weighted by Crippen LogP contribution is 2.36. The fourth-order valence-corrected chi connectivity index (χ4v) is 2.09. The molecule has 0 aliphatic rings. The Kier molecular flexibility index (Phi) is 6.07. The first-order chi connectivity index (χ1) is 9.65. The number of benzene rings is 1. The van der Waals surface area contributed by atoms with E-state index in [1.807, 2.05) is 13.8 Å². The molecule has 0 saturated heterocycles. The van der Waals surface area contributed by atoms with Gasteiger partial charge in [-0.3, -0.25) is 4.79 Å². The van der Waals surface area contributed by atoms with Crippen molar-refractivity contribution in [3.63, 3.8) is 0 Å². The van der Waals surface area contributed by atoms with Gasteiger partial charge in [-0.15, -0.1) is 0 Å². The van der Waals surface area contributed by atoms with E-state index in [2.05, 4.69) is 26.6 Å². The lowest BCUT2D eigenvalue weighted by Crippen LogP contribution is -2.41. The molecule has 1 aromatic carbocycles. The molecule has 0 aromatic heterocycles. The molecule has 0 saturated carbocycles. The van der Waals surface area contributed by atoms with Gasteiger partial charge < -0.3 is 10.6 Å². The van der Waals surface area contributed by atoms with Crippen LogP contribution < -0.4 is 10.6 Å². The van der Waals surface area contributed by atoms with Gasteiger partial charge in [0.1, 0.15) is 6.04 Å². The van der Waals surface area contributed by atoms with Crippen molar-refractivity contribution in [2.75, 3.05) is 5.32 Å². The summed E-state index contributed by atoms with van der Waals surface area (Å²) in [4.78, 5) is 11.9. The average molecular weight is 367 g/mol. The Hall–Kier alpha value is -1.24. The summed E-state index contributed by atoms with van der Waals surface area (Å²) in [5.74, 6) is -0.249. The van der Waals surface area contributed by atoms with Crippen molar-refractivity contribution >= 4 is 27.5 Å². The number of rotatable bonds is 5. The van der Waals surface area contributed by atoms with Crippen LogP contribution in [0.1, 0.15) is 32.8 Å². The minimum atomic E-state index is -4.45. The van der Waals surface area contributed by atoms with E-state index < -0.39 is 17.8 Å². The van der Waals surface area contributed by atoms with Crippen LogP contribution in [0.3, 0.4) is 0 Å². The molecular formula is C14H18BrF3N2O. The quantitative estimate of drug-likeness (QED) is 0.820. The Labute approximate surface area is 130 Å². The first-order valence-electron chi connectivity index (χ1n) is 6.58. The molecule has 118 valence electrons. The first-order valence-corrected chi connectivity index (χ1v) is 7.38. The summed E-state index contributed by atoms with van der Waals surface area (Å²) in [6.45, 7) is 5.41. The summed E-state index contributed by atoms with van der Waals surface area (Å²) in [7, 11) is 0. The van der Waals surface area contributed by atoms with Crippen molar-refractivity contribution in [1.82, 2.24) is 5.32 Å². The second kappa shape index (κ2) is 7.15. The van der Waals surface area contributed by atoms with Gasteiger partial charge in [0.25, 0.3) is 0 Å². The van der Waals surface area contributed by atoms with Gasteiger partial charge in [0, 0.05) is 16.2 Å². The van der Waals surface area contributed by atoms with Crippen molar-refractivity contribution in [2.45, 2.75) is 45.5 Å². The lowest BCUT2D eigenvalue weighted by Gasteiger charge is -2.19. The van der Waals surface area contributed by atoms with Crippen LogP contribution in [0.15, 0.2) is 22.7 Å². The number of carbonyl (C=O) groups excluding carboxylic acids is 1. The van der Waals surface area contributed by atoms with Crippen molar-refractivity contribution < 1.29 is 18.0 Å². The highest BCUT2D eigenvalue weighted by atomic mass is 79.9. The summed E-state index contributed by atoms with van der Waals surface area (Å²) < 4.78 is 38.4. The molecule has 1 amide bonds. The number of nitrogens with one attached hydrogen (secondary N) is 2. The topological polar surface area (TPSA) is 41.1 Å². The number of alkyl halides is 3. The number of hydrogen-bond acceptors (Lipinski definition) is 2. The molecular weight excluding hydrogens is 349 g/mol. The number of halogens is 4. The largest absolute Gasteiger partial charge is 0.417 e. The minimum absolute atomic E-state index is 0.0254. The molecule has 0 radical (unpaired) electrons. The molecule has 21 heavy (non-hydrogen) atoms. The van der Waals surface area contributed by atoms with Gasteiger partial charge in [-0.05, 0) is 38.5 Å². The maximum atomic E-state index is 12.8. The Balaban J connectivity index is 2.82. The van der Waals surface area contributed by atoms with Crippen LogP contribution in [-0.4, -0.2) is 18.0 Å². The van der Waals surface area contributed by atoms with Gasteiger partial charge in [0.05, 0.1) is 5.56 Å². The summed E-state index contributed by atoms with van der Waals surface area (Å²) in [5.41, 5.74) is -0.528. The second-order valence-electron chi connectivity index (χ2n) is 4.88. The van der Waals surface area contributed by atoms with Gasteiger partial charge in [-0.25, -0.2) is 0 Å². The fourth-order valence-electron chi connectivity index (χ4n) is 1.62.